The fourth-order valence-corrected chi connectivity index (χ4v) is 2.08. The van der Waals surface area contributed by atoms with Gasteiger partial charge in [-0.15, -0.1) is 12.8 Å². The molecule has 0 saturated heterocycles. The number of halogens is 2. The van der Waals surface area contributed by atoms with Gasteiger partial charge in [-0.05, 0) is 48.0 Å². The van der Waals surface area contributed by atoms with E-state index < -0.39 is 0 Å². The van der Waals surface area contributed by atoms with Gasteiger partial charge in [0.05, 0.1) is 6.61 Å². The summed E-state index contributed by atoms with van der Waals surface area (Å²) in [5, 5.41) is 9.25. The molecule has 2 aromatic rings. The maximum Gasteiger partial charge on any atom is 0.193 e. The maximum absolute atomic E-state index is 12.8. The van der Waals surface area contributed by atoms with E-state index in [1.54, 1.807) is 18.2 Å². The van der Waals surface area contributed by atoms with Gasteiger partial charge in [0.15, 0.2) is 5.78 Å². The predicted molar refractivity (Wildman–Crippen MR) is 91.1 cm³/mol. The third kappa shape index (κ3) is 5.44. The molecular weight excluding hydrogens is 347 g/mol. The second-order valence-electron chi connectivity index (χ2n) is 3.80. The normalized spacial score (nSPS) is 8.86. The lowest BCUT2D eigenvalue weighted by atomic mass is 9.99. The van der Waals surface area contributed by atoms with Crippen LogP contribution in [0, 0.1) is 18.7 Å². The van der Waals surface area contributed by atoms with Crippen LogP contribution in [0.15, 0.2) is 46.9 Å². The van der Waals surface area contributed by atoms with E-state index in [1.165, 1.54) is 24.3 Å². The zero-order chi connectivity index (χ0) is 17.1. The Labute approximate surface area is 139 Å². The van der Waals surface area contributed by atoms with Crippen molar-refractivity contribution >= 4 is 21.7 Å². The van der Waals surface area contributed by atoms with E-state index in [4.69, 9.17) is 0 Å². The first-order valence-corrected chi connectivity index (χ1v) is 7.44. The Balaban J connectivity index is 0.00000102. The number of carbonyl (C=O) groups is 1. The third-order valence-corrected chi connectivity index (χ3v) is 3.08. The molecular formula is C18H18BrFO2. The molecule has 116 valence electrons. The molecule has 0 aliphatic rings. The molecule has 0 aliphatic heterocycles. The lowest BCUT2D eigenvalue weighted by molar-refractivity contribution is 0.103. The number of hydrogen-bond acceptors (Lipinski definition) is 2. The zero-order valence-corrected chi connectivity index (χ0v) is 14.1. The quantitative estimate of drug-likeness (QED) is 0.638. The Morgan fingerprint density at radius 1 is 1.14 bits per heavy atom. The molecule has 1 N–H and O–H groups in total. The van der Waals surface area contributed by atoms with Crippen LogP contribution < -0.4 is 0 Å². The topological polar surface area (TPSA) is 37.3 Å². The van der Waals surface area contributed by atoms with Gasteiger partial charge in [-0.25, -0.2) is 4.39 Å². The molecule has 0 aliphatic carbocycles. The molecule has 0 heterocycles. The molecule has 22 heavy (non-hydrogen) atoms. The van der Waals surface area contributed by atoms with Gasteiger partial charge in [0.1, 0.15) is 5.82 Å². The Morgan fingerprint density at radius 2 is 1.68 bits per heavy atom. The number of aliphatic hydroxyl groups is 1. The number of terminal acetylenes is 1. The molecule has 0 unspecified atom stereocenters. The van der Waals surface area contributed by atoms with Crippen LogP contribution >= 0.6 is 15.9 Å². The molecule has 0 bridgehead atoms. The molecule has 0 saturated carbocycles. The second kappa shape index (κ2) is 10.7. The SMILES string of the molecule is C#C.CC.O=C(c1ccc(F)cc1)c1ccc(Br)cc1CO. The molecule has 2 rings (SSSR count). The van der Waals surface area contributed by atoms with Gasteiger partial charge in [0.2, 0.25) is 0 Å². The van der Waals surface area contributed by atoms with E-state index in [9.17, 15) is 14.3 Å². The first-order chi connectivity index (χ1) is 10.6. The highest BCUT2D eigenvalue weighted by Crippen LogP contribution is 2.20. The number of carbonyl (C=O) groups excluding carboxylic acids is 1. The van der Waals surface area contributed by atoms with Gasteiger partial charge in [0.25, 0.3) is 0 Å². The van der Waals surface area contributed by atoms with E-state index in [0.717, 1.165) is 4.47 Å². The molecule has 2 aromatic carbocycles. The fourth-order valence-electron chi connectivity index (χ4n) is 1.67. The highest BCUT2D eigenvalue weighted by atomic mass is 79.9. The first-order valence-electron chi connectivity index (χ1n) is 6.64. The molecule has 4 heteroatoms. The average Bonchev–Trinajstić information content (AvgIpc) is 2.58. The summed E-state index contributed by atoms with van der Waals surface area (Å²) in [5.41, 5.74) is 1.36. The van der Waals surface area contributed by atoms with E-state index in [-0.39, 0.29) is 18.2 Å². The summed E-state index contributed by atoms with van der Waals surface area (Å²) in [6.07, 6.45) is 8.00. The van der Waals surface area contributed by atoms with Crippen molar-refractivity contribution < 1.29 is 14.3 Å². The van der Waals surface area contributed by atoms with Crippen LogP contribution in [0.1, 0.15) is 35.3 Å². The summed E-state index contributed by atoms with van der Waals surface area (Å²) < 4.78 is 13.6. The Kier molecular flexibility index (Phi) is 9.77. The van der Waals surface area contributed by atoms with Crippen LogP contribution in [-0.4, -0.2) is 10.9 Å². The Morgan fingerprint density at radius 3 is 2.18 bits per heavy atom. The van der Waals surface area contributed by atoms with Gasteiger partial charge < -0.3 is 5.11 Å². The smallest absolute Gasteiger partial charge is 0.193 e. The lowest BCUT2D eigenvalue weighted by Crippen LogP contribution is -2.05. The number of aliphatic hydroxyl groups excluding tert-OH is 1. The standard InChI is InChI=1S/C14H10BrFO2.C2H6.C2H2/c15-11-3-6-13(10(7-11)8-17)14(18)9-1-4-12(16)5-2-9;2*1-2/h1-7,17H,8H2;1-2H3;1-2H. The van der Waals surface area contributed by atoms with Gasteiger partial charge in [-0.3, -0.25) is 4.79 Å². The Bertz CT molecular complexity index is 619. The Hall–Kier alpha value is -1.96. The van der Waals surface area contributed by atoms with Crippen LogP contribution in [0.25, 0.3) is 0 Å². The van der Waals surface area contributed by atoms with Crippen LogP contribution in [0.3, 0.4) is 0 Å². The minimum Gasteiger partial charge on any atom is -0.392 e. The molecule has 0 atom stereocenters. The number of ketones is 1. The van der Waals surface area contributed by atoms with Crippen molar-refractivity contribution in [1.29, 1.82) is 0 Å². The average molecular weight is 365 g/mol. The monoisotopic (exact) mass is 364 g/mol. The summed E-state index contributed by atoms with van der Waals surface area (Å²) in [6.45, 7) is 3.78. The molecule has 0 aromatic heterocycles. The first kappa shape index (κ1) is 20.0. The summed E-state index contributed by atoms with van der Waals surface area (Å²) in [4.78, 5) is 12.2. The minimum absolute atomic E-state index is 0.221. The fraction of sp³-hybridized carbons (Fsp3) is 0.167. The van der Waals surface area contributed by atoms with Crippen molar-refractivity contribution in [3.63, 3.8) is 0 Å². The summed E-state index contributed by atoms with van der Waals surface area (Å²) in [5.74, 6) is -0.615. The minimum atomic E-state index is -0.385. The lowest BCUT2D eigenvalue weighted by Gasteiger charge is -2.07. The van der Waals surface area contributed by atoms with Crippen molar-refractivity contribution in [2.24, 2.45) is 0 Å². The highest BCUT2D eigenvalue weighted by Gasteiger charge is 2.13. The number of benzene rings is 2. The van der Waals surface area contributed by atoms with Gasteiger partial charge in [0, 0.05) is 15.6 Å². The molecule has 0 spiro atoms. The van der Waals surface area contributed by atoms with E-state index in [1.807, 2.05) is 13.8 Å². The summed E-state index contributed by atoms with van der Waals surface area (Å²) in [6, 6.07) is 10.4. The maximum atomic E-state index is 12.8. The van der Waals surface area contributed by atoms with Crippen LogP contribution in [0.2, 0.25) is 0 Å². The molecule has 0 amide bonds. The second-order valence-corrected chi connectivity index (χ2v) is 4.71. The predicted octanol–water partition coefficient (Wildman–Crippen LogP) is 4.59. The zero-order valence-electron chi connectivity index (χ0n) is 12.5. The van der Waals surface area contributed by atoms with Crippen molar-refractivity contribution in [3.8, 4) is 12.8 Å². The highest BCUT2D eigenvalue weighted by molar-refractivity contribution is 9.10. The molecule has 2 nitrogen and oxygen atoms in total. The molecule has 0 radical (unpaired) electrons. The van der Waals surface area contributed by atoms with Crippen molar-refractivity contribution in [2.45, 2.75) is 20.5 Å². The number of rotatable bonds is 3. The van der Waals surface area contributed by atoms with Gasteiger partial charge >= 0.3 is 0 Å². The summed E-state index contributed by atoms with van der Waals surface area (Å²) in [7, 11) is 0. The summed E-state index contributed by atoms with van der Waals surface area (Å²) >= 11 is 3.28. The third-order valence-electron chi connectivity index (χ3n) is 2.59. The van der Waals surface area contributed by atoms with Crippen LogP contribution in [0.5, 0.6) is 0 Å². The van der Waals surface area contributed by atoms with E-state index >= 15 is 0 Å². The van der Waals surface area contributed by atoms with Crippen molar-refractivity contribution in [1.82, 2.24) is 0 Å². The largest absolute Gasteiger partial charge is 0.392 e. The van der Waals surface area contributed by atoms with Gasteiger partial charge in [-0.2, -0.15) is 0 Å². The van der Waals surface area contributed by atoms with E-state index in [0.29, 0.717) is 16.7 Å². The van der Waals surface area contributed by atoms with Crippen molar-refractivity contribution in [2.75, 3.05) is 0 Å². The van der Waals surface area contributed by atoms with Crippen molar-refractivity contribution in [3.05, 3.63) is 69.4 Å². The van der Waals surface area contributed by atoms with Crippen LogP contribution in [-0.2, 0) is 6.61 Å². The molecule has 0 fully saturated rings. The number of hydrogen-bond donors (Lipinski definition) is 1. The van der Waals surface area contributed by atoms with E-state index in [2.05, 4.69) is 28.8 Å². The van der Waals surface area contributed by atoms with Crippen LogP contribution in [0.4, 0.5) is 4.39 Å². The van der Waals surface area contributed by atoms with Gasteiger partial charge in [-0.1, -0.05) is 29.8 Å².